The number of carboxylic acids is 1. The van der Waals surface area contributed by atoms with Gasteiger partial charge in [-0.15, -0.1) is 0 Å². The molecule has 0 radical (unpaired) electrons. The van der Waals surface area contributed by atoms with Gasteiger partial charge in [0.05, 0.1) is 19.6 Å². The summed E-state index contributed by atoms with van der Waals surface area (Å²) < 4.78 is 5.17. The minimum Gasteiger partial charge on any atom is -0.481 e. The van der Waals surface area contributed by atoms with Gasteiger partial charge in [-0.25, -0.2) is 5.43 Å². The van der Waals surface area contributed by atoms with Crippen molar-refractivity contribution in [2.75, 3.05) is 13.2 Å². The number of aliphatic carboxylic acids is 1. The van der Waals surface area contributed by atoms with E-state index >= 15 is 0 Å². The van der Waals surface area contributed by atoms with E-state index in [2.05, 4.69) is 5.43 Å². The number of hydrogen-bond acceptors (Lipinski definition) is 4. The van der Waals surface area contributed by atoms with Gasteiger partial charge in [0.15, 0.2) is 0 Å². The maximum Gasteiger partial charge on any atom is 0.306 e. The highest BCUT2D eigenvalue weighted by Crippen LogP contribution is 2.09. The van der Waals surface area contributed by atoms with Crippen LogP contribution in [0.25, 0.3) is 0 Å². The Morgan fingerprint density at radius 3 is 2.84 bits per heavy atom. The predicted octanol–water partition coefficient (Wildman–Crippen LogP) is 0.393. The first-order chi connectivity index (χ1) is 9.16. The monoisotopic (exact) mass is 264 g/mol. The van der Waals surface area contributed by atoms with Crippen LogP contribution in [0.2, 0.25) is 0 Å². The molecule has 1 aliphatic heterocycles. The summed E-state index contributed by atoms with van der Waals surface area (Å²) in [4.78, 5) is 22.6. The first-order valence-corrected chi connectivity index (χ1v) is 6.09. The molecule has 0 saturated carbocycles. The van der Waals surface area contributed by atoms with Crippen molar-refractivity contribution in [2.24, 2.45) is 0 Å². The highest BCUT2D eigenvalue weighted by Gasteiger charge is 2.31. The molecule has 6 heteroatoms. The van der Waals surface area contributed by atoms with Crippen LogP contribution in [0.15, 0.2) is 30.3 Å². The quantitative estimate of drug-likeness (QED) is 0.804. The van der Waals surface area contributed by atoms with E-state index in [1.165, 1.54) is 5.01 Å². The fraction of sp³-hybridized carbons (Fsp3) is 0.385. The van der Waals surface area contributed by atoms with Crippen molar-refractivity contribution < 1.29 is 19.4 Å². The molecule has 0 bridgehead atoms. The molecule has 0 aliphatic carbocycles. The van der Waals surface area contributed by atoms with E-state index in [4.69, 9.17) is 9.84 Å². The molecule has 0 unspecified atom stereocenters. The SMILES string of the molecule is O=C(O)C[C@@H]1OCCN(NCc2ccccc2)C1=O. The van der Waals surface area contributed by atoms with Gasteiger partial charge in [0.2, 0.25) is 0 Å². The number of carbonyl (C=O) groups excluding carboxylic acids is 1. The zero-order valence-electron chi connectivity index (χ0n) is 10.4. The Bertz CT molecular complexity index is 449. The molecule has 1 fully saturated rings. The average molecular weight is 264 g/mol. The Morgan fingerprint density at radius 2 is 2.16 bits per heavy atom. The second kappa shape index (κ2) is 6.31. The molecule has 1 atom stereocenters. The Balaban J connectivity index is 1.89. The molecule has 6 nitrogen and oxygen atoms in total. The maximum absolute atomic E-state index is 12.0. The van der Waals surface area contributed by atoms with E-state index in [0.29, 0.717) is 19.7 Å². The van der Waals surface area contributed by atoms with Gasteiger partial charge < -0.3 is 9.84 Å². The summed E-state index contributed by atoms with van der Waals surface area (Å²) in [5.74, 6) is -1.37. The minimum atomic E-state index is -1.04. The molecule has 1 aliphatic rings. The third-order valence-corrected chi connectivity index (χ3v) is 2.85. The number of nitrogens with zero attached hydrogens (tertiary/aromatic N) is 1. The topological polar surface area (TPSA) is 78.9 Å². The molecule has 19 heavy (non-hydrogen) atoms. The van der Waals surface area contributed by atoms with E-state index in [1.54, 1.807) is 0 Å². The third-order valence-electron chi connectivity index (χ3n) is 2.85. The summed E-state index contributed by atoms with van der Waals surface area (Å²) in [5.41, 5.74) is 4.05. The van der Waals surface area contributed by atoms with Gasteiger partial charge in [-0.3, -0.25) is 14.6 Å². The van der Waals surface area contributed by atoms with Crippen molar-refractivity contribution in [3.8, 4) is 0 Å². The van der Waals surface area contributed by atoms with E-state index in [1.807, 2.05) is 30.3 Å². The summed E-state index contributed by atoms with van der Waals surface area (Å²) in [5, 5.41) is 10.1. The molecule has 0 aromatic heterocycles. The van der Waals surface area contributed by atoms with E-state index < -0.39 is 12.1 Å². The summed E-state index contributed by atoms with van der Waals surface area (Å²) in [6.07, 6.45) is -1.20. The molecule has 0 spiro atoms. The van der Waals surface area contributed by atoms with Crippen LogP contribution in [-0.2, 0) is 20.9 Å². The molecule has 1 aromatic rings. The van der Waals surface area contributed by atoms with Crippen LogP contribution in [0.4, 0.5) is 0 Å². The molecule has 1 saturated heterocycles. The van der Waals surface area contributed by atoms with E-state index in [-0.39, 0.29) is 12.3 Å². The average Bonchev–Trinajstić information content (AvgIpc) is 2.40. The summed E-state index contributed by atoms with van der Waals surface area (Å²) in [7, 11) is 0. The molecule has 2 rings (SSSR count). The van der Waals surface area contributed by atoms with Crippen molar-refractivity contribution in [1.82, 2.24) is 10.4 Å². The van der Waals surface area contributed by atoms with E-state index in [0.717, 1.165) is 5.56 Å². The number of hydrogen-bond donors (Lipinski definition) is 2. The highest BCUT2D eigenvalue weighted by atomic mass is 16.5. The Morgan fingerprint density at radius 1 is 1.42 bits per heavy atom. The van der Waals surface area contributed by atoms with Gasteiger partial charge >= 0.3 is 5.97 Å². The van der Waals surface area contributed by atoms with Crippen LogP contribution in [0.1, 0.15) is 12.0 Å². The van der Waals surface area contributed by atoms with Crippen LogP contribution in [0.5, 0.6) is 0 Å². The highest BCUT2D eigenvalue weighted by molar-refractivity contribution is 5.85. The lowest BCUT2D eigenvalue weighted by Crippen LogP contribution is -2.54. The number of nitrogens with one attached hydrogen (secondary N) is 1. The lowest BCUT2D eigenvalue weighted by Gasteiger charge is -2.32. The van der Waals surface area contributed by atoms with Crippen molar-refractivity contribution in [1.29, 1.82) is 0 Å². The summed E-state index contributed by atoms with van der Waals surface area (Å²) in [6, 6.07) is 9.67. The van der Waals surface area contributed by atoms with Crippen LogP contribution in [0.3, 0.4) is 0 Å². The number of carbonyl (C=O) groups is 2. The maximum atomic E-state index is 12.0. The molecule has 2 N–H and O–H groups in total. The smallest absolute Gasteiger partial charge is 0.306 e. The molecule has 1 amide bonds. The molecular weight excluding hydrogens is 248 g/mol. The largest absolute Gasteiger partial charge is 0.481 e. The van der Waals surface area contributed by atoms with Gasteiger partial charge in [0.25, 0.3) is 5.91 Å². The number of ether oxygens (including phenoxy) is 1. The minimum absolute atomic E-state index is 0.303. The van der Waals surface area contributed by atoms with Gasteiger partial charge in [0, 0.05) is 6.54 Å². The lowest BCUT2D eigenvalue weighted by atomic mass is 10.2. The Hall–Kier alpha value is -1.92. The number of carboxylic acid groups (broad SMARTS) is 1. The van der Waals surface area contributed by atoms with Crippen molar-refractivity contribution in [3.63, 3.8) is 0 Å². The summed E-state index contributed by atoms with van der Waals surface area (Å²) in [6.45, 7) is 1.28. The van der Waals surface area contributed by atoms with Crippen LogP contribution in [0, 0.1) is 0 Å². The first kappa shape index (κ1) is 13.5. The fourth-order valence-electron chi connectivity index (χ4n) is 1.89. The Labute approximate surface area is 110 Å². The molecule has 1 heterocycles. The number of amides is 1. The standard InChI is InChI=1S/C13H16N2O4/c16-12(17)8-11-13(18)15(6-7-19-11)14-9-10-4-2-1-3-5-10/h1-5,11,14H,6-9H2,(H,16,17)/t11-/m0/s1. The zero-order valence-corrected chi connectivity index (χ0v) is 10.4. The third kappa shape index (κ3) is 3.77. The van der Waals surface area contributed by atoms with Crippen LogP contribution < -0.4 is 5.43 Å². The Kier molecular flexibility index (Phi) is 4.48. The number of benzene rings is 1. The number of morpholine rings is 1. The van der Waals surface area contributed by atoms with Crippen molar-refractivity contribution in [3.05, 3.63) is 35.9 Å². The number of hydrazine groups is 1. The fourth-order valence-corrected chi connectivity index (χ4v) is 1.89. The molecule has 1 aromatic carbocycles. The second-order valence-corrected chi connectivity index (χ2v) is 4.27. The van der Waals surface area contributed by atoms with Crippen molar-refractivity contribution >= 4 is 11.9 Å². The summed E-state index contributed by atoms with van der Waals surface area (Å²) >= 11 is 0. The normalized spacial score (nSPS) is 19.5. The van der Waals surface area contributed by atoms with Gasteiger partial charge in [-0.05, 0) is 5.56 Å². The zero-order chi connectivity index (χ0) is 13.7. The first-order valence-electron chi connectivity index (χ1n) is 6.09. The second-order valence-electron chi connectivity index (χ2n) is 4.27. The molecular formula is C13H16N2O4. The number of rotatable bonds is 5. The lowest BCUT2D eigenvalue weighted by molar-refractivity contribution is -0.163. The van der Waals surface area contributed by atoms with Gasteiger partial charge in [-0.2, -0.15) is 0 Å². The van der Waals surface area contributed by atoms with Crippen molar-refractivity contribution in [2.45, 2.75) is 19.1 Å². The van der Waals surface area contributed by atoms with Crippen LogP contribution in [-0.4, -0.2) is 41.2 Å². The van der Waals surface area contributed by atoms with Crippen LogP contribution >= 0.6 is 0 Å². The predicted molar refractivity (Wildman–Crippen MR) is 67.0 cm³/mol. The van der Waals surface area contributed by atoms with Gasteiger partial charge in [0.1, 0.15) is 6.10 Å². The van der Waals surface area contributed by atoms with Gasteiger partial charge in [-0.1, -0.05) is 30.3 Å². The molecule has 102 valence electrons. The van der Waals surface area contributed by atoms with E-state index in [9.17, 15) is 9.59 Å².